The molecule has 3 N–H and O–H groups in total. The van der Waals surface area contributed by atoms with E-state index in [1.54, 1.807) is 24.3 Å². The Morgan fingerprint density at radius 1 is 1.26 bits per heavy atom. The van der Waals surface area contributed by atoms with Crippen molar-refractivity contribution in [2.75, 3.05) is 38.8 Å². The van der Waals surface area contributed by atoms with Gasteiger partial charge in [0.2, 0.25) is 11.8 Å². The molecule has 3 atom stereocenters. The molecule has 2 heterocycles. The molecule has 0 aliphatic carbocycles. The number of para-hydroxylation sites is 1. The minimum atomic E-state index is -0.708. The van der Waals surface area contributed by atoms with Gasteiger partial charge in [0.1, 0.15) is 11.8 Å². The zero-order valence-corrected chi connectivity index (χ0v) is 24.1. The third kappa shape index (κ3) is 9.28. The van der Waals surface area contributed by atoms with E-state index in [0.29, 0.717) is 26.1 Å². The van der Waals surface area contributed by atoms with Gasteiger partial charge in [0.25, 0.3) is 0 Å². The van der Waals surface area contributed by atoms with Crippen LogP contribution in [-0.4, -0.2) is 83.6 Å². The highest BCUT2D eigenvalue weighted by Crippen LogP contribution is 2.30. The highest BCUT2D eigenvalue weighted by molar-refractivity contribution is 7.98. The summed E-state index contributed by atoms with van der Waals surface area (Å²) in [5.74, 6) is 0.923. The van der Waals surface area contributed by atoms with E-state index in [0.717, 1.165) is 41.2 Å². The number of benzene rings is 1. The average Bonchev–Trinajstić information content (AvgIpc) is 3.62. The van der Waals surface area contributed by atoms with Gasteiger partial charge < -0.3 is 25.1 Å². The lowest BCUT2D eigenvalue weighted by Gasteiger charge is -2.31. The van der Waals surface area contributed by atoms with E-state index in [1.807, 2.05) is 23.3 Å². The largest absolute Gasteiger partial charge is 0.493 e. The first-order valence-electron chi connectivity index (χ1n) is 13.4. The molecule has 214 valence electrons. The maximum absolute atomic E-state index is 13.2. The summed E-state index contributed by atoms with van der Waals surface area (Å²) in [5, 5.41) is 6.04. The summed E-state index contributed by atoms with van der Waals surface area (Å²) in [7, 11) is 1.32. The molecule has 0 spiro atoms. The lowest BCUT2D eigenvalue weighted by Crippen LogP contribution is -2.51. The number of hydrogen-bond acceptors (Lipinski definition) is 8. The molecule has 0 fully saturated rings. The van der Waals surface area contributed by atoms with E-state index in [2.05, 4.69) is 40.5 Å². The van der Waals surface area contributed by atoms with Gasteiger partial charge in [-0.1, -0.05) is 38.5 Å². The van der Waals surface area contributed by atoms with Crippen molar-refractivity contribution in [1.82, 2.24) is 25.5 Å². The van der Waals surface area contributed by atoms with Crippen molar-refractivity contribution >= 4 is 29.5 Å². The molecule has 2 aromatic rings. The molecule has 1 aliphatic rings. The standard InChI is InChI=1S/C28H41N5O5S/c1-5-19(2)24(32-25(34)13-22-14-29-18-30-22)16-33(15-21-8-6-7-20-9-11-38-27(20)21)17-26(35)31-23(10-12-39-4)28(36)37-3/h6-8,14,18-19,23-24H,5,9-13,15-17H2,1-4H3,(H,29,30)(H,31,35)(H,32,34). The van der Waals surface area contributed by atoms with Crippen LogP contribution >= 0.6 is 11.8 Å². The Labute approximate surface area is 235 Å². The zero-order chi connectivity index (χ0) is 28.2. The van der Waals surface area contributed by atoms with Gasteiger partial charge in [0.05, 0.1) is 33.0 Å². The number of esters is 1. The summed E-state index contributed by atoms with van der Waals surface area (Å²) in [6.07, 6.45) is 7.54. The Hall–Kier alpha value is -3.05. The molecule has 0 radical (unpaired) electrons. The van der Waals surface area contributed by atoms with Crippen LogP contribution in [0.2, 0.25) is 0 Å². The van der Waals surface area contributed by atoms with Gasteiger partial charge in [0.15, 0.2) is 0 Å². The van der Waals surface area contributed by atoms with Gasteiger partial charge >= 0.3 is 5.97 Å². The number of thioether (sulfide) groups is 1. The Morgan fingerprint density at radius 3 is 2.77 bits per heavy atom. The highest BCUT2D eigenvalue weighted by atomic mass is 32.2. The molecular weight excluding hydrogens is 518 g/mol. The van der Waals surface area contributed by atoms with Crippen LogP contribution in [0.5, 0.6) is 5.75 Å². The van der Waals surface area contributed by atoms with Crippen LogP contribution in [0.15, 0.2) is 30.7 Å². The second kappa shape index (κ2) is 15.5. The van der Waals surface area contributed by atoms with Gasteiger partial charge in [-0.15, -0.1) is 0 Å². The lowest BCUT2D eigenvalue weighted by molar-refractivity contribution is -0.145. The van der Waals surface area contributed by atoms with E-state index in [9.17, 15) is 14.4 Å². The summed E-state index contributed by atoms with van der Waals surface area (Å²) in [6, 6.07) is 5.19. The predicted molar refractivity (Wildman–Crippen MR) is 152 cm³/mol. The van der Waals surface area contributed by atoms with E-state index < -0.39 is 12.0 Å². The maximum atomic E-state index is 13.2. The quantitative estimate of drug-likeness (QED) is 0.268. The van der Waals surface area contributed by atoms with Crippen LogP contribution in [-0.2, 0) is 38.5 Å². The number of H-pyrrole nitrogens is 1. The average molecular weight is 560 g/mol. The number of fused-ring (bicyclic) bond motifs is 1. The molecule has 10 nitrogen and oxygen atoms in total. The summed E-state index contributed by atoms with van der Waals surface area (Å²) >= 11 is 1.60. The fourth-order valence-electron chi connectivity index (χ4n) is 4.65. The van der Waals surface area contributed by atoms with Crippen molar-refractivity contribution in [2.45, 2.75) is 58.2 Å². The molecule has 39 heavy (non-hydrogen) atoms. The first kappa shape index (κ1) is 30.5. The zero-order valence-electron chi connectivity index (χ0n) is 23.3. The topological polar surface area (TPSA) is 126 Å². The van der Waals surface area contributed by atoms with Crippen LogP contribution in [0.1, 0.15) is 43.5 Å². The summed E-state index contributed by atoms with van der Waals surface area (Å²) in [5.41, 5.74) is 2.89. The number of aromatic amines is 1. The number of carbonyl (C=O) groups is 3. The molecule has 2 amide bonds. The number of aromatic nitrogens is 2. The first-order valence-corrected chi connectivity index (χ1v) is 14.8. The lowest BCUT2D eigenvalue weighted by atomic mass is 9.97. The smallest absolute Gasteiger partial charge is 0.328 e. The van der Waals surface area contributed by atoms with E-state index >= 15 is 0 Å². The van der Waals surface area contributed by atoms with Crippen molar-refractivity contribution in [2.24, 2.45) is 5.92 Å². The second-order valence-corrected chi connectivity index (χ2v) is 10.9. The molecule has 0 bridgehead atoms. The third-order valence-corrected chi connectivity index (χ3v) is 7.67. The molecule has 3 rings (SSSR count). The SMILES string of the molecule is CCC(C)C(CN(CC(=O)NC(CCSC)C(=O)OC)Cc1cccc2c1OCC2)NC(=O)Cc1cnc[nH]1. The van der Waals surface area contributed by atoms with Crippen molar-refractivity contribution in [3.63, 3.8) is 0 Å². The molecule has 1 aromatic heterocycles. The number of hydrogen-bond donors (Lipinski definition) is 3. The Morgan fingerprint density at radius 2 is 2.08 bits per heavy atom. The fourth-order valence-corrected chi connectivity index (χ4v) is 5.12. The molecule has 1 aliphatic heterocycles. The molecule has 1 aromatic carbocycles. The number of methoxy groups -OCH3 is 1. The van der Waals surface area contributed by atoms with Gasteiger partial charge in [-0.25, -0.2) is 9.78 Å². The van der Waals surface area contributed by atoms with E-state index in [4.69, 9.17) is 9.47 Å². The van der Waals surface area contributed by atoms with Gasteiger partial charge in [0, 0.05) is 43.0 Å². The Bertz CT molecular complexity index is 1080. The van der Waals surface area contributed by atoms with Crippen molar-refractivity contribution in [3.05, 3.63) is 47.5 Å². The molecule has 11 heteroatoms. The second-order valence-electron chi connectivity index (χ2n) is 9.91. The summed E-state index contributed by atoms with van der Waals surface area (Å²) in [4.78, 5) is 47.4. The van der Waals surface area contributed by atoms with Gasteiger partial charge in [-0.3, -0.25) is 14.5 Å². The number of amides is 2. The number of nitrogens with zero attached hydrogens (tertiary/aromatic N) is 2. The minimum Gasteiger partial charge on any atom is -0.493 e. The fraction of sp³-hybridized carbons (Fsp3) is 0.571. The monoisotopic (exact) mass is 559 g/mol. The highest BCUT2D eigenvalue weighted by Gasteiger charge is 2.27. The number of rotatable bonds is 16. The van der Waals surface area contributed by atoms with Crippen LogP contribution in [0.25, 0.3) is 0 Å². The number of ether oxygens (including phenoxy) is 2. The van der Waals surface area contributed by atoms with E-state index in [1.165, 1.54) is 7.11 Å². The Kier molecular flexibility index (Phi) is 12.1. The molecule has 3 unspecified atom stereocenters. The van der Waals surface area contributed by atoms with E-state index in [-0.39, 0.29) is 36.7 Å². The normalized spacial score (nSPS) is 14.7. The summed E-state index contributed by atoms with van der Waals surface area (Å²) in [6.45, 7) is 5.79. The van der Waals surface area contributed by atoms with Crippen LogP contribution in [0.3, 0.4) is 0 Å². The van der Waals surface area contributed by atoms with Crippen molar-refractivity contribution in [3.8, 4) is 5.75 Å². The summed E-state index contributed by atoms with van der Waals surface area (Å²) < 4.78 is 10.8. The van der Waals surface area contributed by atoms with Crippen LogP contribution in [0, 0.1) is 5.92 Å². The maximum Gasteiger partial charge on any atom is 0.328 e. The van der Waals surface area contributed by atoms with Crippen LogP contribution < -0.4 is 15.4 Å². The number of carbonyl (C=O) groups excluding carboxylic acids is 3. The predicted octanol–water partition coefficient (Wildman–Crippen LogP) is 2.33. The number of imidazole rings is 1. The Balaban J connectivity index is 1.78. The number of nitrogens with one attached hydrogen (secondary N) is 3. The minimum absolute atomic E-state index is 0.0553. The first-order chi connectivity index (χ1) is 18.8. The van der Waals surface area contributed by atoms with Crippen LogP contribution in [0.4, 0.5) is 0 Å². The van der Waals surface area contributed by atoms with Gasteiger partial charge in [-0.2, -0.15) is 11.8 Å². The third-order valence-electron chi connectivity index (χ3n) is 7.03. The molecular formula is C28H41N5O5S. The molecule has 0 saturated heterocycles. The van der Waals surface area contributed by atoms with Gasteiger partial charge in [-0.05, 0) is 29.9 Å². The van der Waals surface area contributed by atoms with Crippen molar-refractivity contribution in [1.29, 1.82) is 0 Å². The molecule has 0 saturated carbocycles. The van der Waals surface area contributed by atoms with Crippen molar-refractivity contribution < 1.29 is 23.9 Å².